The van der Waals surface area contributed by atoms with E-state index in [0.717, 1.165) is 0 Å². The monoisotopic (exact) mass is 220 g/mol. The Kier molecular flexibility index (Phi) is 1.86. The molecule has 0 amide bonds. The molecule has 3 nitrogen and oxygen atoms in total. The molecule has 1 saturated heterocycles. The smallest absolute Gasteiger partial charge is 0.318 e. The zero-order valence-electron chi connectivity index (χ0n) is 9.77. The summed E-state index contributed by atoms with van der Waals surface area (Å²) >= 11 is 0. The Hall–Kier alpha value is -1.12. The number of fused-ring (bicyclic) bond motifs is 5. The van der Waals surface area contributed by atoms with Crippen LogP contribution in [0.3, 0.4) is 0 Å². The highest BCUT2D eigenvalue weighted by Gasteiger charge is 2.64. The molecule has 3 rings (SSSR count). The molecule has 2 aliphatic carbocycles. The van der Waals surface area contributed by atoms with E-state index in [1.807, 2.05) is 0 Å². The van der Waals surface area contributed by atoms with E-state index in [-0.39, 0.29) is 35.6 Å². The van der Waals surface area contributed by atoms with Gasteiger partial charge in [0.15, 0.2) is 0 Å². The van der Waals surface area contributed by atoms with Gasteiger partial charge in [-0.2, -0.15) is 0 Å². The van der Waals surface area contributed by atoms with Gasteiger partial charge in [-0.15, -0.1) is 0 Å². The summed E-state index contributed by atoms with van der Waals surface area (Å²) in [5, 5.41) is 0. The fourth-order valence-corrected chi connectivity index (χ4v) is 4.09. The third-order valence-electron chi connectivity index (χ3n) is 4.54. The Morgan fingerprint density at radius 1 is 1.12 bits per heavy atom. The summed E-state index contributed by atoms with van der Waals surface area (Å²) in [7, 11) is 0. The lowest BCUT2D eigenvalue weighted by atomic mass is 9.80. The number of hydrogen-bond acceptors (Lipinski definition) is 3. The van der Waals surface area contributed by atoms with Crippen molar-refractivity contribution in [3.05, 3.63) is 11.6 Å². The van der Waals surface area contributed by atoms with Gasteiger partial charge in [-0.05, 0) is 30.6 Å². The molecule has 16 heavy (non-hydrogen) atoms. The van der Waals surface area contributed by atoms with Crippen molar-refractivity contribution in [3.63, 3.8) is 0 Å². The molecule has 5 atom stereocenters. The van der Waals surface area contributed by atoms with Gasteiger partial charge >= 0.3 is 11.9 Å². The van der Waals surface area contributed by atoms with Gasteiger partial charge < -0.3 is 4.74 Å². The van der Waals surface area contributed by atoms with E-state index in [9.17, 15) is 9.59 Å². The van der Waals surface area contributed by atoms with Crippen molar-refractivity contribution in [1.82, 2.24) is 0 Å². The van der Waals surface area contributed by atoms with Crippen LogP contribution in [0.1, 0.15) is 20.8 Å². The molecule has 2 fully saturated rings. The van der Waals surface area contributed by atoms with E-state index in [1.54, 1.807) is 0 Å². The zero-order chi connectivity index (χ0) is 11.6. The molecular weight excluding hydrogens is 204 g/mol. The van der Waals surface area contributed by atoms with Crippen LogP contribution in [0, 0.1) is 35.5 Å². The average Bonchev–Trinajstić information content (AvgIpc) is 2.75. The SMILES string of the molecule is CC1=C[C@@H]2C(C(C)C)[C@H]1[C@@H]1C(=O)OC(=O)[C@@H]12. The van der Waals surface area contributed by atoms with Crippen LogP contribution in [0.4, 0.5) is 0 Å². The third-order valence-corrected chi connectivity index (χ3v) is 4.54. The fraction of sp³-hybridized carbons (Fsp3) is 0.692. The highest BCUT2D eigenvalue weighted by molar-refractivity contribution is 5.98. The van der Waals surface area contributed by atoms with Gasteiger partial charge in [0.25, 0.3) is 0 Å². The maximum Gasteiger partial charge on any atom is 0.318 e. The first kappa shape index (κ1) is 10.1. The number of carbonyl (C=O) groups excluding carboxylic acids is 2. The van der Waals surface area contributed by atoms with Crippen LogP contribution in [0.5, 0.6) is 0 Å². The Morgan fingerprint density at radius 2 is 1.75 bits per heavy atom. The normalized spacial score (nSPS) is 45.0. The number of allylic oxidation sites excluding steroid dienone is 2. The molecule has 0 radical (unpaired) electrons. The van der Waals surface area contributed by atoms with Crippen LogP contribution >= 0.6 is 0 Å². The number of rotatable bonds is 1. The second-order valence-corrected chi connectivity index (χ2v) is 5.63. The number of carbonyl (C=O) groups is 2. The molecule has 0 aromatic carbocycles. The number of ether oxygens (including phenoxy) is 1. The maximum atomic E-state index is 11.7. The zero-order valence-corrected chi connectivity index (χ0v) is 9.77. The van der Waals surface area contributed by atoms with Crippen LogP contribution in [-0.2, 0) is 14.3 Å². The molecule has 1 heterocycles. The molecule has 3 aliphatic rings. The van der Waals surface area contributed by atoms with Crippen LogP contribution in [0.25, 0.3) is 0 Å². The molecule has 0 aromatic heterocycles. The third kappa shape index (κ3) is 0.989. The Balaban J connectivity index is 2.06. The summed E-state index contributed by atoms with van der Waals surface area (Å²) in [5.41, 5.74) is 1.27. The van der Waals surface area contributed by atoms with E-state index in [2.05, 4.69) is 26.8 Å². The average molecular weight is 220 g/mol. The molecule has 1 aliphatic heterocycles. The lowest BCUT2D eigenvalue weighted by molar-refractivity contribution is -0.155. The van der Waals surface area contributed by atoms with Gasteiger partial charge in [-0.1, -0.05) is 25.5 Å². The Bertz CT molecular complexity index is 407. The van der Waals surface area contributed by atoms with Gasteiger partial charge in [-0.25, -0.2) is 0 Å². The second-order valence-electron chi connectivity index (χ2n) is 5.63. The van der Waals surface area contributed by atoms with Crippen molar-refractivity contribution < 1.29 is 14.3 Å². The molecule has 3 heteroatoms. The van der Waals surface area contributed by atoms with Crippen molar-refractivity contribution in [2.75, 3.05) is 0 Å². The van der Waals surface area contributed by atoms with E-state index in [4.69, 9.17) is 4.74 Å². The predicted molar refractivity (Wildman–Crippen MR) is 57.1 cm³/mol. The quantitative estimate of drug-likeness (QED) is 0.384. The molecule has 1 saturated carbocycles. The first-order valence-corrected chi connectivity index (χ1v) is 5.96. The van der Waals surface area contributed by atoms with Gasteiger partial charge in [0.05, 0.1) is 11.8 Å². The molecule has 0 spiro atoms. The van der Waals surface area contributed by atoms with Crippen LogP contribution in [-0.4, -0.2) is 11.9 Å². The van der Waals surface area contributed by atoms with Crippen LogP contribution < -0.4 is 0 Å². The standard InChI is InChI=1S/C13H16O3/c1-5(2)8-7-4-6(3)9(8)11-10(7)12(14)16-13(11)15/h4-5,7-11H,1-3H3/t7-,8?,9+,10-,11+/m1/s1. The summed E-state index contributed by atoms with van der Waals surface area (Å²) in [6.45, 7) is 6.42. The van der Waals surface area contributed by atoms with Gasteiger partial charge in [-0.3, -0.25) is 9.59 Å². The summed E-state index contributed by atoms with van der Waals surface area (Å²) in [6, 6.07) is 0. The minimum atomic E-state index is -0.295. The molecule has 2 bridgehead atoms. The minimum Gasteiger partial charge on any atom is -0.393 e. The Morgan fingerprint density at radius 3 is 2.38 bits per heavy atom. The molecule has 1 unspecified atom stereocenters. The first-order chi connectivity index (χ1) is 7.52. The minimum absolute atomic E-state index is 0.185. The van der Waals surface area contributed by atoms with E-state index < -0.39 is 0 Å². The largest absolute Gasteiger partial charge is 0.393 e. The van der Waals surface area contributed by atoms with E-state index in [1.165, 1.54) is 5.57 Å². The maximum absolute atomic E-state index is 11.7. The second kappa shape index (κ2) is 2.96. The van der Waals surface area contributed by atoms with Crippen molar-refractivity contribution in [2.24, 2.45) is 35.5 Å². The predicted octanol–water partition coefficient (Wildman–Crippen LogP) is 1.78. The summed E-state index contributed by atoms with van der Waals surface area (Å²) in [4.78, 5) is 23.4. The van der Waals surface area contributed by atoms with Crippen LogP contribution in [0.2, 0.25) is 0 Å². The van der Waals surface area contributed by atoms with Crippen molar-refractivity contribution >= 4 is 11.9 Å². The van der Waals surface area contributed by atoms with Gasteiger partial charge in [0.1, 0.15) is 0 Å². The number of esters is 2. The first-order valence-electron chi connectivity index (χ1n) is 5.96. The molecule has 0 N–H and O–H groups in total. The summed E-state index contributed by atoms with van der Waals surface area (Å²) < 4.78 is 4.77. The number of hydrogen-bond donors (Lipinski definition) is 0. The Labute approximate surface area is 94.8 Å². The van der Waals surface area contributed by atoms with Crippen molar-refractivity contribution in [3.8, 4) is 0 Å². The van der Waals surface area contributed by atoms with E-state index >= 15 is 0 Å². The van der Waals surface area contributed by atoms with Crippen molar-refractivity contribution in [1.29, 1.82) is 0 Å². The topological polar surface area (TPSA) is 43.4 Å². The summed E-state index contributed by atoms with van der Waals surface area (Å²) in [6.07, 6.45) is 2.19. The fourth-order valence-electron chi connectivity index (χ4n) is 4.09. The molecule has 0 aromatic rings. The van der Waals surface area contributed by atoms with Gasteiger partial charge in [0.2, 0.25) is 0 Å². The highest BCUT2D eigenvalue weighted by atomic mass is 16.6. The lowest BCUT2D eigenvalue weighted by Gasteiger charge is -2.23. The van der Waals surface area contributed by atoms with E-state index in [0.29, 0.717) is 11.8 Å². The lowest BCUT2D eigenvalue weighted by Crippen LogP contribution is -2.24. The highest BCUT2D eigenvalue weighted by Crippen LogP contribution is 2.60. The van der Waals surface area contributed by atoms with Crippen molar-refractivity contribution in [2.45, 2.75) is 20.8 Å². The molecular formula is C13H16O3. The molecule has 86 valence electrons. The number of cyclic esters (lactones) is 2. The van der Waals surface area contributed by atoms with Gasteiger partial charge in [0, 0.05) is 0 Å². The van der Waals surface area contributed by atoms with Crippen LogP contribution in [0.15, 0.2) is 11.6 Å². The summed E-state index contributed by atoms with van der Waals surface area (Å²) in [5.74, 6) is 0.477.